The Balaban J connectivity index is 1.19. The molecule has 0 atom stereocenters. The van der Waals surface area contributed by atoms with Gasteiger partial charge in [-0.15, -0.1) is 0 Å². The van der Waals surface area contributed by atoms with Gasteiger partial charge in [0, 0.05) is 71.5 Å². The SMILES string of the molecule is COc1ccc(-c2cc(C(=O)Nc3cc(C(=O)Nc4cc(C(=O)NCCN5CCOCC5)n(C)c4)n(C)c3)n(C)c2)cc1. The zero-order valence-electron chi connectivity index (χ0n) is 24.8. The lowest BCUT2D eigenvalue weighted by atomic mass is 10.1. The number of carbonyl (C=O) groups excluding carboxylic acids is 3. The molecule has 0 saturated carbocycles. The molecule has 4 heterocycles. The summed E-state index contributed by atoms with van der Waals surface area (Å²) in [6, 6.07) is 12.7. The van der Waals surface area contributed by atoms with Crippen LogP contribution in [0.4, 0.5) is 11.4 Å². The van der Waals surface area contributed by atoms with Crippen LogP contribution in [-0.2, 0) is 25.9 Å². The molecule has 1 aliphatic heterocycles. The van der Waals surface area contributed by atoms with Gasteiger partial charge in [-0.05, 0) is 35.9 Å². The predicted molar refractivity (Wildman–Crippen MR) is 164 cm³/mol. The lowest BCUT2D eigenvalue weighted by molar-refractivity contribution is 0.0383. The number of nitrogens with zero attached hydrogens (tertiary/aromatic N) is 4. The van der Waals surface area contributed by atoms with Gasteiger partial charge in [0.1, 0.15) is 22.8 Å². The fraction of sp³-hybridized carbons (Fsp3) is 0.323. The summed E-state index contributed by atoms with van der Waals surface area (Å²) in [5, 5.41) is 8.68. The van der Waals surface area contributed by atoms with Gasteiger partial charge < -0.3 is 39.1 Å². The van der Waals surface area contributed by atoms with Crippen molar-refractivity contribution >= 4 is 29.1 Å². The molecule has 0 spiro atoms. The number of carbonyl (C=O) groups is 3. The van der Waals surface area contributed by atoms with Gasteiger partial charge in [-0.1, -0.05) is 12.1 Å². The largest absolute Gasteiger partial charge is 0.497 e. The van der Waals surface area contributed by atoms with Crippen LogP contribution >= 0.6 is 0 Å². The first-order valence-corrected chi connectivity index (χ1v) is 14.1. The second-order valence-electron chi connectivity index (χ2n) is 10.5. The first-order chi connectivity index (χ1) is 20.7. The van der Waals surface area contributed by atoms with Gasteiger partial charge in [-0.3, -0.25) is 19.3 Å². The number of aryl methyl sites for hydroxylation is 3. The minimum absolute atomic E-state index is 0.212. The number of amides is 3. The molecule has 3 N–H and O–H groups in total. The zero-order valence-corrected chi connectivity index (χ0v) is 24.8. The van der Waals surface area contributed by atoms with Crippen LogP contribution in [0.15, 0.2) is 61.1 Å². The first-order valence-electron chi connectivity index (χ1n) is 14.1. The molecule has 3 amide bonds. The lowest BCUT2D eigenvalue weighted by Crippen LogP contribution is -2.41. The molecule has 1 fully saturated rings. The molecule has 1 aliphatic rings. The number of aromatic nitrogens is 3. The van der Waals surface area contributed by atoms with Gasteiger partial charge in [-0.25, -0.2) is 0 Å². The first kappa shape index (κ1) is 29.7. The number of anilines is 2. The van der Waals surface area contributed by atoms with Gasteiger partial charge in [0.25, 0.3) is 17.7 Å². The molecule has 12 heteroatoms. The number of nitrogens with one attached hydrogen (secondary N) is 3. The lowest BCUT2D eigenvalue weighted by Gasteiger charge is -2.26. The minimum Gasteiger partial charge on any atom is -0.497 e. The van der Waals surface area contributed by atoms with Gasteiger partial charge in [0.05, 0.1) is 31.7 Å². The maximum atomic E-state index is 13.1. The van der Waals surface area contributed by atoms with Crippen LogP contribution < -0.4 is 20.7 Å². The third-order valence-electron chi connectivity index (χ3n) is 7.47. The molecule has 12 nitrogen and oxygen atoms in total. The number of methoxy groups -OCH3 is 1. The summed E-state index contributed by atoms with van der Waals surface area (Å²) in [6.07, 6.45) is 5.26. The van der Waals surface area contributed by atoms with Crippen LogP contribution in [0.1, 0.15) is 31.5 Å². The van der Waals surface area contributed by atoms with Crippen molar-refractivity contribution in [3.05, 3.63) is 78.1 Å². The molecule has 0 radical (unpaired) electrons. The van der Waals surface area contributed by atoms with E-state index in [1.807, 2.05) is 43.6 Å². The number of hydrogen-bond acceptors (Lipinski definition) is 6. The van der Waals surface area contributed by atoms with Gasteiger partial charge in [-0.2, -0.15) is 0 Å². The van der Waals surface area contributed by atoms with E-state index in [1.54, 1.807) is 59.4 Å². The third-order valence-corrected chi connectivity index (χ3v) is 7.47. The normalized spacial score (nSPS) is 13.5. The molecule has 0 unspecified atom stereocenters. The molecule has 0 aliphatic carbocycles. The van der Waals surface area contributed by atoms with Crippen molar-refractivity contribution in [1.82, 2.24) is 23.9 Å². The highest BCUT2D eigenvalue weighted by molar-refractivity contribution is 6.07. The summed E-state index contributed by atoms with van der Waals surface area (Å²) >= 11 is 0. The summed E-state index contributed by atoms with van der Waals surface area (Å²) in [5.41, 5.74) is 4.10. The van der Waals surface area contributed by atoms with Crippen LogP contribution in [0.2, 0.25) is 0 Å². The standard InChI is InChI=1S/C31H37N7O5/c1-35-18-22(21-5-7-25(42-4)8-6-21)15-26(35)30(40)33-24-17-28(37(3)20-24)31(41)34-23-16-27(36(2)19-23)29(39)32-9-10-38-11-13-43-14-12-38/h5-8,15-20H,9-14H2,1-4H3,(H,32,39)(H,33,40)(H,34,41). The maximum Gasteiger partial charge on any atom is 0.272 e. The molecule has 3 aromatic heterocycles. The average molecular weight is 588 g/mol. The molecule has 226 valence electrons. The van der Waals surface area contributed by atoms with Crippen molar-refractivity contribution in [2.45, 2.75) is 0 Å². The van der Waals surface area contributed by atoms with Gasteiger partial charge >= 0.3 is 0 Å². The Morgan fingerprint density at radius 1 is 0.744 bits per heavy atom. The van der Waals surface area contributed by atoms with E-state index in [1.165, 1.54) is 0 Å². The molecule has 4 aromatic rings. The van der Waals surface area contributed by atoms with Crippen LogP contribution in [0, 0.1) is 0 Å². The highest BCUT2D eigenvalue weighted by Gasteiger charge is 2.19. The molecule has 1 saturated heterocycles. The quantitative estimate of drug-likeness (QED) is 0.262. The van der Waals surface area contributed by atoms with Crippen LogP contribution in [-0.4, -0.2) is 82.8 Å². The van der Waals surface area contributed by atoms with Gasteiger partial charge in [0.2, 0.25) is 0 Å². The van der Waals surface area contributed by atoms with E-state index >= 15 is 0 Å². The Morgan fingerprint density at radius 2 is 1.28 bits per heavy atom. The highest BCUT2D eigenvalue weighted by Crippen LogP contribution is 2.25. The maximum absolute atomic E-state index is 13.1. The zero-order chi connectivity index (χ0) is 30.5. The van der Waals surface area contributed by atoms with Crippen molar-refractivity contribution in [2.75, 3.05) is 57.1 Å². The van der Waals surface area contributed by atoms with E-state index in [0.29, 0.717) is 48.2 Å². The molecule has 0 bridgehead atoms. The van der Waals surface area contributed by atoms with Crippen molar-refractivity contribution in [1.29, 1.82) is 0 Å². The van der Waals surface area contributed by atoms with E-state index in [-0.39, 0.29) is 17.7 Å². The number of benzene rings is 1. The second kappa shape index (κ2) is 13.0. The minimum atomic E-state index is -0.367. The summed E-state index contributed by atoms with van der Waals surface area (Å²) in [4.78, 5) is 41.2. The van der Waals surface area contributed by atoms with Gasteiger partial charge in [0.15, 0.2) is 0 Å². The number of rotatable bonds is 10. The number of hydrogen-bond donors (Lipinski definition) is 3. The fourth-order valence-corrected chi connectivity index (χ4v) is 5.08. The smallest absolute Gasteiger partial charge is 0.272 e. The molecule has 5 rings (SSSR count). The number of morpholine rings is 1. The summed E-state index contributed by atoms with van der Waals surface area (Å²) in [5.74, 6) is -0.119. The molecule has 43 heavy (non-hydrogen) atoms. The monoisotopic (exact) mass is 587 g/mol. The van der Waals surface area contributed by atoms with E-state index in [2.05, 4.69) is 20.9 Å². The summed E-state index contributed by atoms with van der Waals surface area (Å²) in [6.45, 7) is 4.42. The Hall–Kier alpha value is -4.81. The molecule has 1 aromatic carbocycles. The highest BCUT2D eigenvalue weighted by atomic mass is 16.5. The fourth-order valence-electron chi connectivity index (χ4n) is 5.08. The molecular formula is C31H37N7O5. The Kier molecular flexibility index (Phi) is 8.98. The summed E-state index contributed by atoms with van der Waals surface area (Å²) in [7, 11) is 6.91. The van der Waals surface area contributed by atoms with E-state index in [9.17, 15) is 14.4 Å². The average Bonchev–Trinajstić information content (AvgIpc) is 3.69. The van der Waals surface area contributed by atoms with E-state index < -0.39 is 0 Å². The topological polar surface area (TPSA) is 124 Å². The van der Waals surface area contributed by atoms with E-state index in [0.717, 1.165) is 36.5 Å². The van der Waals surface area contributed by atoms with Crippen LogP contribution in [0.3, 0.4) is 0 Å². The molecular weight excluding hydrogens is 550 g/mol. The second-order valence-corrected chi connectivity index (χ2v) is 10.5. The van der Waals surface area contributed by atoms with Crippen molar-refractivity contribution < 1.29 is 23.9 Å². The predicted octanol–water partition coefficient (Wildman–Crippen LogP) is 2.94. The van der Waals surface area contributed by atoms with Crippen molar-refractivity contribution in [3.8, 4) is 16.9 Å². The van der Waals surface area contributed by atoms with Crippen molar-refractivity contribution in [3.63, 3.8) is 0 Å². The third kappa shape index (κ3) is 6.99. The van der Waals surface area contributed by atoms with Crippen LogP contribution in [0.25, 0.3) is 11.1 Å². The summed E-state index contributed by atoms with van der Waals surface area (Å²) < 4.78 is 15.7. The Bertz CT molecular complexity index is 1610. The Morgan fingerprint density at radius 3 is 1.86 bits per heavy atom. The number of ether oxygens (including phenoxy) is 2. The van der Waals surface area contributed by atoms with E-state index in [4.69, 9.17) is 9.47 Å². The Labute approximate surface area is 250 Å². The van der Waals surface area contributed by atoms with Crippen molar-refractivity contribution in [2.24, 2.45) is 21.1 Å². The van der Waals surface area contributed by atoms with Crippen LogP contribution in [0.5, 0.6) is 5.75 Å².